The Kier molecular flexibility index (Phi) is 13.2. The molecular formula is C98H78N2. The van der Waals surface area contributed by atoms with Crippen LogP contribution in [0.15, 0.2) is 315 Å². The van der Waals surface area contributed by atoms with Gasteiger partial charge in [0.1, 0.15) is 0 Å². The van der Waals surface area contributed by atoms with Crippen LogP contribution in [0.3, 0.4) is 0 Å². The van der Waals surface area contributed by atoms with Crippen LogP contribution in [0.25, 0.3) is 105 Å². The molecule has 0 fully saturated rings. The van der Waals surface area contributed by atoms with Crippen molar-refractivity contribution in [3.8, 4) is 77.9 Å². The Hall–Kier alpha value is -11.3. The lowest BCUT2D eigenvalue weighted by Gasteiger charge is -2.36. The maximum Gasteiger partial charge on any atom is 0.0563 e. The third-order valence-corrected chi connectivity index (χ3v) is 23.8. The van der Waals surface area contributed by atoms with Gasteiger partial charge in [0.15, 0.2) is 0 Å². The minimum atomic E-state index is -0.212. The first-order chi connectivity index (χ1) is 48.6. The van der Waals surface area contributed by atoms with Gasteiger partial charge in [-0.1, -0.05) is 304 Å². The van der Waals surface area contributed by atoms with Gasteiger partial charge in [0, 0.05) is 50.1 Å². The summed E-state index contributed by atoms with van der Waals surface area (Å²) < 4.78 is 0. The molecule has 14 aromatic rings. The van der Waals surface area contributed by atoms with Gasteiger partial charge in [-0.25, -0.2) is 0 Å². The maximum absolute atomic E-state index is 2.70. The summed E-state index contributed by atoms with van der Waals surface area (Å²) in [6.07, 6.45) is 6.03. The van der Waals surface area contributed by atoms with Gasteiger partial charge in [-0.05, 0) is 222 Å². The van der Waals surface area contributed by atoms with E-state index in [1.807, 2.05) is 0 Å². The summed E-state index contributed by atoms with van der Waals surface area (Å²) in [5, 5.41) is 4.76. The zero-order valence-corrected chi connectivity index (χ0v) is 58.1. The van der Waals surface area contributed by atoms with Gasteiger partial charge in [0.2, 0.25) is 0 Å². The fourth-order valence-electron chi connectivity index (χ4n) is 18.8. The highest BCUT2D eigenvalue weighted by molar-refractivity contribution is 6.24. The fraction of sp³-hybridized carbons (Fsp3) is 0.143. The lowest BCUT2D eigenvalue weighted by Crippen LogP contribution is -2.32. The second-order valence-corrected chi connectivity index (χ2v) is 30.6. The van der Waals surface area contributed by atoms with Crippen LogP contribution >= 0.6 is 0 Å². The molecule has 5 aliphatic rings. The van der Waals surface area contributed by atoms with Crippen molar-refractivity contribution < 1.29 is 0 Å². The van der Waals surface area contributed by atoms with Crippen molar-refractivity contribution in [2.45, 2.75) is 89.5 Å². The molecule has 0 aromatic heterocycles. The highest BCUT2D eigenvalue weighted by Gasteiger charge is 2.43. The van der Waals surface area contributed by atoms with E-state index in [1.54, 1.807) is 0 Å². The highest BCUT2D eigenvalue weighted by Crippen LogP contribution is 2.58. The number of rotatable bonds is 10. The molecular weight excluding hydrogens is 1210 g/mol. The van der Waals surface area contributed by atoms with Crippen LogP contribution in [0.5, 0.6) is 0 Å². The number of fused-ring (bicyclic) bond motifs is 14. The number of benzene rings is 14. The topological polar surface area (TPSA) is 6.48 Å². The van der Waals surface area contributed by atoms with Crippen molar-refractivity contribution in [2.75, 3.05) is 9.80 Å². The minimum Gasteiger partial charge on any atom is -0.334 e. The van der Waals surface area contributed by atoms with Gasteiger partial charge in [0.05, 0.1) is 6.04 Å². The van der Waals surface area contributed by atoms with Crippen LogP contribution in [0.4, 0.5) is 28.4 Å². The zero-order valence-electron chi connectivity index (χ0n) is 58.1. The molecule has 0 bridgehead atoms. The molecule has 0 spiro atoms. The molecule has 0 saturated carbocycles. The van der Waals surface area contributed by atoms with E-state index in [2.05, 4.69) is 375 Å². The van der Waals surface area contributed by atoms with Crippen molar-refractivity contribution in [3.63, 3.8) is 0 Å². The SMILES string of the molecule is CC1(C)C2=CC(N(c3ccc4c(c3)C(C)(C)c3ccccc3-4)c3ccc4c(-c5ccccc5-c5ccccc5)c5cc(N(c6ccc7c(c6)C(C)(C)c6ccccc6-7)c6ccc7c(c6)C(C)(C)c6ccccc6-7)ccc5c(-c5ccccc5-c5ccccc5)c4c3)CC=C2c2ccccc21. The van der Waals surface area contributed by atoms with Crippen molar-refractivity contribution in [1.29, 1.82) is 0 Å². The van der Waals surface area contributed by atoms with E-state index in [-0.39, 0.29) is 27.7 Å². The van der Waals surface area contributed by atoms with Crippen LogP contribution in [0.2, 0.25) is 0 Å². The molecule has 100 heavy (non-hydrogen) atoms. The van der Waals surface area contributed by atoms with E-state index in [4.69, 9.17) is 0 Å². The normalized spacial score (nSPS) is 16.3. The molecule has 480 valence electrons. The van der Waals surface area contributed by atoms with Gasteiger partial charge < -0.3 is 9.80 Å². The quantitative estimate of drug-likeness (QED) is 0.126. The average molecular weight is 1280 g/mol. The number of anilines is 5. The molecule has 19 rings (SSSR count). The van der Waals surface area contributed by atoms with Crippen molar-refractivity contribution in [3.05, 3.63) is 359 Å². The van der Waals surface area contributed by atoms with Gasteiger partial charge in [0.25, 0.3) is 0 Å². The Morgan fingerprint density at radius 1 is 0.260 bits per heavy atom. The largest absolute Gasteiger partial charge is 0.334 e. The number of hydrogen-bond acceptors (Lipinski definition) is 2. The van der Waals surface area contributed by atoms with Crippen molar-refractivity contribution in [1.82, 2.24) is 0 Å². The van der Waals surface area contributed by atoms with E-state index in [9.17, 15) is 0 Å². The monoisotopic (exact) mass is 1280 g/mol. The van der Waals surface area contributed by atoms with Crippen LogP contribution in [-0.4, -0.2) is 6.04 Å². The van der Waals surface area contributed by atoms with Crippen LogP contribution in [0, 0.1) is 0 Å². The van der Waals surface area contributed by atoms with E-state index in [0.29, 0.717) is 0 Å². The summed E-state index contributed by atoms with van der Waals surface area (Å²) >= 11 is 0. The highest BCUT2D eigenvalue weighted by atomic mass is 15.2. The Morgan fingerprint density at radius 3 is 1.04 bits per heavy atom. The second-order valence-electron chi connectivity index (χ2n) is 30.6. The third-order valence-electron chi connectivity index (χ3n) is 23.8. The summed E-state index contributed by atoms with van der Waals surface area (Å²) in [7, 11) is 0. The molecule has 1 atom stereocenters. The molecule has 0 N–H and O–H groups in total. The predicted molar refractivity (Wildman–Crippen MR) is 423 cm³/mol. The molecule has 2 heteroatoms. The first-order valence-corrected chi connectivity index (χ1v) is 35.8. The van der Waals surface area contributed by atoms with Gasteiger partial charge in [-0.15, -0.1) is 0 Å². The summed E-state index contributed by atoms with van der Waals surface area (Å²) in [5.74, 6) is 0. The van der Waals surface area contributed by atoms with Gasteiger partial charge in [-0.3, -0.25) is 0 Å². The third kappa shape index (κ3) is 8.81. The van der Waals surface area contributed by atoms with Gasteiger partial charge >= 0.3 is 0 Å². The first-order valence-electron chi connectivity index (χ1n) is 35.8. The Labute approximate surface area is 588 Å². The van der Waals surface area contributed by atoms with Crippen LogP contribution in [-0.2, 0) is 21.7 Å². The molecule has 0 heterocycles. The van der Waals surface area contributed by atoms with E-state index in [0.717, 1.165) is 29.2 Å². The maximum atomic E-state index is 2.70. The Balaban J connectivity index is 0.904. The zero-order chi connectivity index (χ0) is 67.6. The summed E-state index contributed by atoms with van der Waals surface area (Å²) in [5.41, 5.74) is 36.0. The molecule has 0 radical (unpaired) electrons. The minimum absolute atomic E-state index is 0.0000234. The Bertz CT molecular complexity index is 5720. The lowest BCUT2D eigenvalue weighted by atomic mass is 9.79. The van der Waals surface area contributed by atoms with E-state index < -0.39 is 0 Å². The van der Waals surface area contributed by atoms with E-state index >= 15 is 0 Å². The molecule has 14 aromatic carbocycles. The van der Waals surface area contributed by atoms with Crippen molar-refractivity contribution >= 4 is 55.6 Å². The fourth-order valence-corrected chi connectivity index (χ4v) is 18.8. The second kappa shape index (κ2) is 22.1. The molecule has 2 nitrogen and oxygen atoms in total. The number of nitrogens with zero attached hydrogens (tertiary/aromatic N) is 2. The summed E-state index contributed by atoms with van der Waals surface area (Å²) in [4.78, 5) is 5.26. The molecule has 5 aliphatic carbocycles. The van der Waals surface area contributed by atoms with Crippen molar-refractivity contribution in [2.24, 2.45) is 0 Å². The predicted octanol–water partition coefficient (Wildman–Crippen LogP) is 26.3. The average Bonchev–Trinajstić information content (AvgIpc) is 1.40. The van der Waals surface area contributed by atoms with Gasteiger partial charge in [-0.2, -0.15) is 0 Å². The summed E-state index contributed by atoms with van der Waals surface area (Å²) in [6, 6.07) is 113. The smallest absolute Gasteiger partial charge is 0.0563 e. The van der Waals surface area contributed by atoms with E-state index in [1.165, 1.54) is 161 Å². The lowest BCUT2D eigenvalue weighted by molar-refractivity contribution is 0.644. The van der Waals surface area contributed by atoms with Crippen LogP contribution in [0.1, 0.15) is 106 Å². The standard InChI is InChI=1S/C98H78N2/c1-95(2)85-39-23-19-33-71(85)75-49-43-65(57-89(75)95)99(66-44-50-76-72-34-20-24-40-86(72)96(3,4)90(76)58-66)63-47-53-81-83(55-63)93(79-37-17-15-31-69(79)61-27-11-9-12-28-61)82-54-48-64(56-84(82)94(81)80-38-18-16-32-70(80)62-29-13-10-14-30-62)100(67-45-51-77-73-35-21-25-41-87(73)97(5,6)91(77)59-67)68-46-52-78-74-36-22-26-42-88(74)98(7,8)92(78)60-68/h9-45,47-60,68H,46H2,1-8H3. The molecule has 0 saturated heterocycles. The van der Waals surface area contributed by atoms with Crippen LogP contribution < -0.4 is 9.80 Å². The molecule has 1 unspecified atom stereocenters. The summed E-state index contributed by atoms with van der Waals surface area (Å²) in [6.45, 7) is 19.3. The molecule has 0 amide bonds. The molecule has 0 aliphatic heterocycles. The number of allylic oxidation sites excluding steroid dienone is 2. The first kappa shape index (κ1) is 59.9. The number of hydrogen-bond donors (Lipinski definition) is 0. The Morgan fingerprint density at radius 2 is 0.580 bits per heavy atom.